The molecule has 2 atom stereocenters. The molecular weight excluding hydrogens is 413 g/mol. The van der Waals surface area contributed by atoms with Crippen molar-refractivity contribution in [1.29, 1.82) is 0 Å². The molecule has 0 bridgehead atoms. The molecule has 0 radical (unpaired) electrons. The maximum absolute atomic E-state index is 14.0. The molecule has 7 nitrogen and oxygen atoms in total. The van der Waals surface area contributed by atoms with Crippen LogP contribution < -0.4 is 9.64 Å². The highest BCUT2D eigenvalue weighted by molar-refractivity contribution is 5.70. The molecule has 1 aliphatic carbocycles. The van der Waals surface area contributed by atoms with Crippen LogP contribution in [0.2, 0.25) is 0 Å². The minimum Gasteiger partial charge on any atom is -0.493 e. The molecule has 1 saturated carbocycles. The molecular formula is C24H30FN3O4. The van der Waals surface area contributed by atoms with Gasteiger partial charge in [0.1, 0.15) is 11.6 Å². The Morgan fingerprint density at radius 3 is 2.66 bits per heavy atom. The van der Waals surface area contributed by atoms with Gasteiger partial charge in [-0.15, -0.1) is 0 Å². The maximum Gasteiger partial charge on any atom is 0.307 e. The Morgan fingerprint density at radius 2 is 2.00 bits per heavy atom. The number of aromatic nitrogens is 2. The predicted molar refractivity (Wildman–Crippen MR) is 117 cm³/mol. The third kappa shape index (κ3) is 5.73. The van der Waals surface area contributed by atoms with E-state index in [4.69, 9.17) is 14.6 Å². The Hall–Kier alpha value is -2.74. The molecule has 4 rings (SSSR count). The van der Waals surface area contributed by atoms with Crippen molar-refractivity contribution >= 4 is 11.9 Å². The number of piperidine rings is 1. The van der Waals surface area contributed by atoms with Gasteiger partial charge in [-0.05, 0) is 55.1 Å². The van der Waals surface area contributed by atoms with Crippen LogP contribution in [0.1, 0.15) is 36.8 Å². The van der Waals surface area contributed by atoms with Crippen molar-refractivity contribution in [2.75, 3.05) is 31.7 Å². The lowest BCUT2D eigenvalue weighted by atomic mass is 9.90. The monoisotopic (exact) mass is 443 g/mol. The molecule has 1 unspecified atom stereocenters. The SMILES string of the molecule is COCc1cnc(N2CCC(C3C[C@H]3CCOc3ccc(CC(=O)O)c(F)c3)CC2)nc1. The van der Waals surface area contributed by atoms with Crippen LogP contribution in [0.4, 0.5) is 10.3 Å². The number of anilines is 1. The van der Waals surface area contributed by atoms with E-state index in [0.29, 0.717) is 24.9 Å². The van der Waals surface area contributed by atoms with Gasteiger partial charge in [-0.3, -0.25) is 4.79 Å². The average molecular weight is 444 g/mol. The fourth-order valence-corrected chi connectivity index (χ4v) is 4.71. The highest BCUT2D eigenvalue weighted by atomic mass is 19.1. The van der Waals surface area contributed by atoms with Gasteiger partial charge in [-0.2, -0.15) is 0 Å². The Kier molecular flexibility index (Phi) is 7.19. The van der Waals surface area contributed by atoms with Crippen molar-refractivity contribution < 1.29 is 23.8 Å². The molecule has 32 heavy (non-hydrogen) atoms. The van der Waals surface area contributed by atoms with Crippen molar-refractivity contribution in [1.82, 2.24) is 9.97 Å². The van der Waals surface area contributed by atoms with Gasteiger partial charge in [0.25, 0.3) is 0 Å². The summed E-state index contributed by atoms with van der Waals surface area (Å²) in [5.41, 5.74) is 1.16. The van der Waals surface area contributed by atoms with E-state index in [9.17, 15) is 9.18 Å². The smallest absolute Gasteiger partial charge is 0.307 e. The molecule has 1 aromatic carbocycles. The number of ether oxygens (including phenoxy) is 2. The molecule has 2 aliphatic rings. The first-order chi connectivity index (χ1) is 15.5. The number of rotatable bonds is 10. The van der Waals surface area contributed by atoms with E-state index in [0.717, 1.165) is 55.7 Å². The van der Waals surface area contributed by atoms with E-state index in [1.807, 2.05) is 12.4 Å². The highest BCUT2D eigenvalue weighted by Crippen LogP contribution is 2.49. The topological polar surface area (TPSA) is 84.8 Å². The van der Waals surface area contributed by atoms with Crippen LogP contribution >= 0.6 is 0 Å². The number of aliphatic carboxylic acids is 1. The average Bonchev–Trinajstić information content (AvgIpc) is 3.56. The molecule has 2 aromatic rings. The summed E-state index contributed by atoms with van der Waals surface area (Å²) in [5.74, 6) is 1.84. The van der Waals surface area contributed by atoms with Gasteiger partial charge < -0.3 is 19.5 Å². The quantitative estimate of drug-likeness (QED) is 0.599. The lowest BCUT2D eigenvalue weighted by Gasteiger charge is -2.32. The molecule has 1 N–H and O–H groups in total. The summed E-state index contributed by atoms with van der Waals surface area (Å²) in [4.78, 5) is 22.0. The Balaban J connectivity index is 1.17. The van der Waals surface area contributed by atoms with Gasteiger partial charge in [-0.25, -0.2) is 14.4 Å². The molecule has 2 heterocycles. The summed E-state index contributed by atoms with van der Waals surface area (Å²) < 4.78 is 24.8. The van der Waals surface area contributed by atoms with Gasteiger partial charge >= 0.3 is 5.97 Å². The van der Waals surface area contributed by atoms with Crippen LogP contribution in [0.3, 0.4) is 0 Å². The first-order valence-corrected chi connectivity index (χ1v) is 11.2. The molecule has 0 spiro atoms. The third-order valence-corrected chi connectivity index (χ3v) is 6.53. The highest BCUT2D eigenvalue weighted by Gasteiger charge is 2.43. The van der Waals surface area contributed by atoms with E-state index in [2.05, 4.69) is 14.9 Å². The summed E-state index contributed by atoms with van der Waals surface area (Å²) in [7, 11) is 1.66. The van der Waals surface area contributed by atoms with Crippen LogP contribution in [0, 0.1) is 23.6 Å². The van der Waals surface area contributed by atoms with Crippen LogP contribution in [0.25, 0.3) is 0 Å². The normalized spacial score (nSPS) is 20.9. The lowest BCUT2D eigenvalue weighted by Crippen LogP contribution is -2.35. The molecule has 1 saturated heterocycles. The summed E-state index contributed by atoms with van der Waals surface area (Å²) in [6, 6.07) is 4.41. The summed E-state index contributed by atoms with van der Waals surface area (Å²) in [6.07, 6.45) is 7.86. The maximum atomic E-state index is 14.0. The Labute approximate surface area is 187 Å². The van der Waals surface area contributed by atoms with Gasteiger partial charge in [0.15, 0.2) is 0 Å². The fraction of sp³-hybridized carbons (Fsp3) is 0.542. The van der Waals surface area contributed by atoms with E-state index in [1.165, 1.54) is 18.6 Å². The zero-order valence-electron chi connectivity index (χ0n) is 18.4. The van der Waals surface area contributed by atoms with Crippen molar-refractivity contribution in [2.24, 2.45) is 17.8 Å². The van der Waals surface area contributed by atoms with Crippen molar-refractivity contribution in [2.45, 2.75) is 38.7 Å². The molecule has 2 fully saturated rings. The minimum atomic E-state index is -1.05. The molecule has 0 amide bonds. The molecule has 8 heteroatoms. The number of carboxylic acid groups (broad SMARTS) is 1. The van der Waals surface area contributed by atoms with Crippen molar-refractivity contribution in [3.63, 3.8) is 0 Å². The second-order valence-corrected chi connectivity index (χ2v) is 8.77. The van der Waals surface area contributed by atoms with E-state index in [1.54, 1.807) is 13.2 Å². The number of nitrogens with zero attached hydrogens (tertiary/aromatic N) is 3. The number of hydrogen-bond donors (Lipinski definition) is 1. The van der Waals surface area contributed by atoms with Crippen LogP contribution in [0.15, 0.2) is 30.6 Å². The third-order valence-electron chi connectivity index (χ3n) is 6.53. The predicted octanol–water partition coefficient (Wildman–Crippen LogP) is 3.71. The summed E-state index contributed by atoms with van der Waals surface area (Å²) >= 11 is 0. The Bertz CT molecular complexity index is 916. The fourth-order valence-electron chi connectivity index (χ4n) is 4.71. The Morgan fingerprint density at radius 1 is 1.25 bits per heavy atom. The van der Waals surface area contributed by atoms with E-state index >= 15 is 0 Å². The minimum absolute atomic E-state index is 0.176. The van der Waals surface area contributed by atoms with Crippen LogP contribution in [0.5, 0.6) is 5.75 Å². The lowest BCUT2D eigenvalue weighted by molar-refractivity contribution is -0.136. The standard InChI is InChI=1S/C24H30FN3O4/c1-31-15-16-13-26-24(27-14-16)28-7-4-17(5-8-28)21-10-18(21)6-9-32-20-3-2-19(11-23(29)30)22(25)12-20/h2-3,12-14,17-18,21H,4-11,15H2,1H3,(H,29,30)/t18-,21?/m1/s1. The first kappa shape index (κ1) is 22.5. The molecule has 1 aliphatic heterocycles. The van der Waals surface area contributed by atoms with Crippen LogP contribution in [-0.2, 0) is 22.6 Å². The number of hydrogen-bond acceptors (Lipinski definition) is 6. The molecule has 1 aromatic heterocycles. The summed E-state index contributed by atoms with van der Waals surface area (Å²) in [6.45, 7) is 3.05. The van der Waals surface area contributed by atoms with Gasteiger partial charge in [0.05, 0.1) is 19.6 Å². The van der Waals surface area contributed by atoms with Crippen molar-refractivity contribution in [3.8, 4) is 5.75 Å². The van der Waals surface area contributed by atoms with E-state index < -0.39 is 11.8 Å². The van der Waals surface area contributed by atoms with Gasteiger partial charge in [-0.1, -0.05) is 6.07 Å². The number of benzene rings is 1. The van der Waals surface area contributed by atoms with Gasteiger partial charge in [0.2, 0.25) is 5.95 Å². The zero-order chi connectivity index (χ0) is 22.5. The largest absolute Gasteiger partial charge is 0.493 e. The first-order valence-electron chi connectivity index (χ1n) is 11.2. The molecule has 172 valence electrons. The van der Waals surface area contributed by atoms with E-state index in [-0.39, 0.29) is 12.0 Å². The summed E-state index contributed by atoms with van der Waals surface area (Å²) in [5, 5.41) is 8.79. The number of carboxylic acids is 1. The second kappa shape index (κ2) is 10.3. The zero-order valence-corrected chi connectivity index (χ0v) is 18.4. The van der Waals surface area contributed by atoms with Crippen LogP contribution in [-0.4, -0.2) is 47.8 Å². The number of methoxy groups -OCH3 is 1. The number of carbonyl (C=O) groups is 1. The number of halogens is 1. The van der Waals surface area contributed by atoms with Gasteiger partial charge in [0, 0.05) is 44.2 Å². The van der Waals surface area contributed by atoms with Crippen molar-refractivity contribution in [3.05, 3.63) is 47.5 Å². The second-order valence-electron chi connectivity index (χ2n) is 8.77.